The lowest BCUT2D eigenvalue weighted by atomic mass is 10.2. The number of halogens is 2. The van der Waals surface area contributed by atoms with E-state index in [0.717, 1.165) is 18.5 Å². The first kappa shape index (κ1) is 18.2. The number of aromatic nitrogens is 2. The van der Waals surface area contributed by atoms with Crippen LogP contribution in [0.5, 0.6) is 0 Å². The molecule has 140 valence electrons. The number of nitrogens with zero attached hydrogens (tertiary/aromatic N) is 4. The largest absolute Gasteiger partial charge is 0.365 e. The molecule has 1 aliphatic rings. The summed E-state index contributed by atoms with van der Waals surface area (Å²) >= 11 is 0. The summed E-state index contributed by atoms with van der Waals surface area (Å²) in [5.41, 5.74) is 1.17. The summed E-state index contributed by atoms with van der Waals surface area (Å²) in [4.78, 5) is 5.96. The molecule has 1 saturated heterocycles. The normalized spacial score (nSPS) is 17.6. The lowest BCUT2D eigenvalue weighted by Crippen LogP contribution is -2.45. The summed E-state index contributed by atoms with van der Waals surface area (Å²) in [7, 11) is 1.71. The van der Waals surface area contributed by atoms with Crippen LogP contribution in [0.25, 0.3) is 0 Å². The molecule has 1 unspecified atom stereocenters. The predicted octanol–water partition coefficient (Wildman–Crippen LogP) is 1.91. The Morgan fingerprint density at radius 3 is 2.77 bits per heavy atom. The Morgan fingerprint density at radius 2 is 2.12 bits per heavy atom. The molecule has 1 aliphatic heterocycles. The Hall–Kier alpha value is -2.64. The van der Waals surface area contributed by atoms with Crippen LogP contribution in [0.3, 0.4) is 0 Å². The number of rotatable bonds is 5. The van der Waals surface area contributed by atoms with Crippen molar-refractivity contribution in [3.63, 3.8) is 0 Å². The Balaban J connectivity index is 1.50. The maximum absolute atomic E-state index is 13.9. The van der Waals surface area contributed by atoms with Gasteiger partial charge in [0, 0.05) is 38.9 Å². The molecular weight excluding hydrogens is 338 g/mol. The zero-order valence-corrected chi connectivity index (χ0v) is 15.0. The third kappa shape index (κ3) is 4.30. The van der Waals surface area contributed by atoms with Crippen LogP contribution in [0.4, 0.5) is 14.5 Å². The summed E-state index contributed by atoms with van der Waals surface area (Å²) in [6.07, 6.45) is 4.59. The zero-order chi connectivity index (χ0) is 18.5. The van der Waals surface area contributed by atoms with Crippen molar-refractivity contribution in [1.29, 1.82) is 0 Å². The third-order valence-corrected chi connectivity index (χ3v) is 4.40. The van der Waals surface area contributed by atoms with Crippen molar-refractivity contribution in [2.75, 3.05) is 31.6 Å². The smallest absolute Gasteiger partial charge is 0.191 e. The van der Waals surface area contributed by atoms with Crippen LogP contribution >= 0.6 is 0 Å². The maximum atomic E-state index is 13.9. The molecule has 3 rings (SSSR count). The molecule has 1 aromatic heterocycles. The molecule has 26 heavy (non-hydrogen) atoms. The minimum absolute atomic E-state index is 0.0498. The van der Waals surface area contributed by atoms with Crippen molar-refractivity contribution in [1.82, 2.24) is 20.4 Å². The number of nitrogens with one attached hydrogen (secondary N) is 2. The molecule has 0 saturated carbocycles. The predicted molar refractivity (Wildman–Crippen MR) is 98.4 cm³/mol. The van der Waals surface area contributed by atoms with Gasteiger partial charge in [0.25, 0.3) is 0 Å². The fraction of sp³-hybridized carbons (Fsp3) is 0.444. The van der Waals surface area contributed by atoms with E-state index in [1.54, 1.807) is 11.9 Å². The number of aryl methyl sites for hydroxylation is 1. The first-order valence-electron chi connectivity index (χ1n) is 8.72. The van der Waals surface area contributed by atoms with E-state index in [2.05, 4.69) is 20.7 Å². The van der Waals surface area contributed by atoms with Crippen molar-refractivity contribution >= 4 is 11.6 Å². The molecule has 6 nitrogen and oxygen atoms in total. The first-order chi connectivity index (χ1) is 12.6. The van der Waals surface area contributed by atoms with Gasteiger partial charge in [0.05, 0.1) is 12.7 Å². The second kappa shape index (κ2) is 8.16. The average Bonchev–Trinajstić information content (AvgIpc) is 3.23. The summed E-state index contributed by atoms with van der Waals surface area (Å²) < 4.78 is 29.8. The highest BCUT2D eigenvalue weighted by Gasteiger charge is 2.27. The SMILES string of the molecule is CN=C(NCCn1cc(C)cn1)NC1CCN(c2c(F)cccc2F)C1. The molecule has 2 aromatic rings. The fourth-order valence-electron chi connectivity index (χ4n) is 3.14. The Morgan fingerprint density at radius 1 is 1.35 bits per heavy atom. The van der Waals surface area contributed by atoms with Crippen molar-refractivity contribution in [2.45, 2.75) is 25.9 Å². The van der Waals surface area contributed by atoms with E-state index in [1.165, 1.54) is 18.2 Å². The van der Waals surface area contributed by atoms with Crippen LogP contribution in [0.15, 0.2) is 35.6 Å². The van der Waals surface area contributed by atoms with Crippen LogP contribution in [0.1, 0.15) is 12.0 Å². The minimum atomic E-state index is -0.525. The van der Waals surface area contributed by atoms with Gasteiger partial charge in [0.2, 0.25) is 0 Å². The monoisotopic (exact) mass is 362 g/mol. The Labute approximate surface area is 151 Å². The highest BCUT2D eigenvalue weighted by molar-refractivity contribution is 5.80. The van der Waals surface area contributed by atoms with E-state index in [-0.39, 0.29) is 11.7 Å². The maximum Gasteiger partial charge on any atom is 0.191 e. The number of hydrogen-bond donors (Lipinski definition) is 2. The van der Waals surface area contributed by atoms with E-state index in [4.69, 9.17) is 0 Å². The van der Waals surface area contributed by atoms with Gasteiger partial charge in [0.15, 0.2) is 5.96 Å². The van der Waals surface area contributed by atoms with Crippen LogP contribution < -0.4 is 15.5 Å². The molecule has 0 aliphatic carbocycles. The van der Waals surface area contributed by atoms with E-state index in [0.29, 0.717) is 25.6 Å². The standard InChI is InChI=1S/C18H24F2N6/c1-13-10-23-26(11-13)9-7-22-18(21-2)24-14-6-8-25(12-14)17-15(19)4-3-5-16(17)20/h3-5,10-11,14H,6-9,12H2,1-2H3,(H2,21,22,24). The van der Waals surface area contributed by atoms with Gasteiger partial charge in [-0.2, -0.15) is 5.10 Å². The molecule has 1 aromatic carbocycles. The highest BCUT2D eigenvalue weighted by Crippen LogP contribution is 2.26. The van der Waals surface area contributed by atoms with Gasteiger partial charge in [-0.15, -0.1) is 0 Å². The summed E-state index contributed by atoms with van der Waals surface area (Å²) in [6.45, 7) is 4.53. The van der Waals surface area contributed by atoms with Crippen molar-refractivity contribution < 1.29 is 8.78 Å². The van der Waals surface area contributed by atoms with Gasteiger partial charge in [-0.3, -0.25) is 9.67 Å². The van der Waals surface area contributed by atoms with E-state index >= 15 is 0 Å². The zero-order valence-electron chi connectivity index (χ0n) is 15.0. The first-order valence-corrected chi connectivity index (χ1v) is 8.72. The molecule has 0 spiro atoms. The summed E-state index contributed by atoms with van der Waals surface area (Å²) in [6, 6.07) is 4.03. The molecule has 1 atom stereocenters. The van der Waals surface area contributed by atoms with Crippen LogP contribution in [-0.2, 0) is 6.54 Å². The Kier molecular flexibility index (Phi) is 5.70. The number of benzene rings is 1. The van der Waals surface area contributed by atoms with Crippen molar-refractivity contribution in [2.24, 2.45) is 4.99 Å². The van der Waals surface area contributed by atoms with Gasteiger partial charge >= 0.3 is 0 Å². The van der Waals surface area contributed by atoms with Gasteiger partial charge in [-0.25, -0.2) is 8.78 Å². The van der Waals surface area contributed by atoms with Crippen LogP contribution in [0.2, 0.25) is 0 Å². The molecule has 0 bridgehead atoms. The number of guanidine groups is 1. The fourth-order valence-corrected chi connectivity index (χ4v) is 3.14. The third-order valence-electron chi connectivity index (χ3n) is 4.40. The molecule has 2 N–H and O–H groups in total. The van der Waals surface area contributed by atoms with Gasteiger partial charge in [-0.1, -0.05) is 6.07 Å². The van der Waals surface area contributed by atoms with Gasteiger partial charge in [-0.05, 0) is 31.0 Å². The molecule has 0 radical (unpaired) electrons. The van der Waals surface area contributed by atoms with E-state index in [9.17, 15) is 8.78 Å². The van der Waals surface area contributed by atoms with Gasteiger partial charge in [0.1, 0.15) is 17.3 Å². The second-order valence-corrected chi connectivity index (χ2v) is 6.43. The van der Waals surface area contributed by atoms with Crippen molar-refractivity contribution in [3.8, 4) is 0 Å². The molecule has 0 amide bonds. The highest BCUT2D eigenvalue weighted by atomic mass is 19.1. The molecule has 2 heterocycles. The molecule has 8 heteroatoms. The molecule has 1 fully saturated rings. The molecular formula is C18H24F2N6. The number of anilines is 1. The lowest BCUT2D eigenvalue weighted by molar-refractivity contribution is 0.574. The lowest BCUT2D eigenvalue weighted by Gasteiger charge is -2.21. The average molecular weight is 362 g/mol. The van der Waals surface area contributed by atoms with E-state index < -0.39 is 11.6 Å². The quantitative estimate of drug-likeness (QED) is 0.630. The summed E-state index contributed by atoms with van der Waals surface area (Å²) in [5, 5.41) is 10.8. The van der Waals surface area contributed by atoms with Crippen LogP contribution in [-0.4, -0.2) is 48.5 Å². The van der Waals surface area contributed by atoms with Gasteiger partial charge < -0.3 is 15.5 Å². The second-order valence-electron chi connectivity index (χ2n) is 6.43. The summed E-state index contributed by atoms with van der Waals surface area (Å²) in [5.74, 6) is -0.375. The Bertz CT molecular complexity index is 753. The number of hydrogen-bond acceptors (Lipinski definition) is 3. The number of aliphatic imine (C=N–C) groups is 1. The minimum Gasteiger partial charge on any atom is -0.365 e. The van der Waals surface area contributed by atoms with E-state index in [1.807, 2.05) is 24.0 Å². The van der Waals surface area contributed by atoms with Crippen LogP contribution in [0, 0.1) is 18.6 Å². The number of para-hydroxylation sites is 1. The topological polar surface area (TPSA) is 57.5 Å². The van der Waals surface area contributed by atoms with Crippen molar-refractivity contribution in [3.05, 3.63) is 47.8 Å².